The van der Waals surface area contributed by atoms with Crippen molar-refractivity contribution in [3.05, 3.63) is 45.7 Å². The molecule has 4 heterocycles. The van der Waals surface area contributed by atoms with E-state index in [1.165, 1.54) is 42.3 Å². The molecule has 0 radical (unpaired) electrons. The molecule has 2 unspecified atom stereocenters. The summed E-state index contributed by atoms with van der Waals surface area (Å²) in [6.45, 7) is 8.56. The number of aromatic nitrogens is 2. The molecular weight excluding hydrogens is 756 g/mol. The van der Waals surface area contributed by atoms with Crippen molar-refractivity contribution in [3.63, 3.8) is 0 Å². The van der Waals surface area contributed by atoms with Crippen molar-refractivity contribution >= 4 is 35.2 Å². The van der Waals surface area contributed by atoms with E-state index < -0.39 is 48.6 Å². The Morgan fingerprint density at radius 3 is 1.25 bits per heavy atom. The van der Waals surface area contributed by atoms with Gasteiger partial charge in [0.15, 0.2) is 0 Å². The van der Waals surface area contributed by atoms with Crippen molar-refractivity contribution in [3.8, 4) is 0 Å². The molecule has 290 valence electrons. The van der Waals surface area contributed by atoms with Crippen LogP contribution in [0.5, 0.6) is 0 Å². The van der Waals surface area contributed by atoms with Crippen molar-refractivity contribution in [1.29, 1.82) is 0 Å². The molecule has 2 fully saturated rings. The van der Waals surface area contributed by atoms with E-state index in [0.717, 1.165) is 18.8 Å². The lowest BCUT2D eigenvalue weighted by molar-refractivity contribution is -0.193. The third kappa shape index (κ3) is 18.5. The molecule has 12 nitrogen and oxygen atoms in total. The van der Waals surface area contributed by atoms with E-state index in [2.05, 4.69) is 57.2 Å². The van der Waals surface area contributed by atoms with Gasteiger partial charge in [-0.05, 0) is 38.8 Å². The maximum Gasteiger partial charge on any atom is 0.490 e. The van der Waals surface area contributed by atoms with Crippen LogP contribution in [0.3, 0.4) is 0 Å². The fraction of sp³-hybridized carbons (Fsp3) is 0.538. The number of pyridine rings is 1. The highest BCUT2D eigenvalue weighted by atomic mass is 32.1. The molecule has 2 aliphatic rings. The summed E-state index contributed by atoms with van der Waals surface area (Å²) in [5.41, 5.74) is 3.57. The fourth-order valence-corrected chi connectivity index (χ4v) is 4.75. The topological polar surface area (TPSA) is 181 Å². The number of alkyl halides is 12. The molecule has 51 heavy (non-hydrogen) atoms. The summed E-state index contributed by atoms with van der Waals surface area (Å²) in [6.07, 6.45) is -17.8. The lowest BCUT2D eigenvalue weighted by Crippen LogP contribution is -2.36. The molecule has 0 bridgehead atoms. The Balaban J connectivity index is 0.000000737. The zero-order chi connectivity index (χ0) is 40.1. The van der Waals surface area contributed by atoms with Gasteiger partial charge in [0.1, 0.15) is 0 Å². The molecular formula is C26H28F12N4O8S. The van der Waals surface area contributed by atoms with E-state index in [0.29, 0.717) is 12.1 Å². The zero-order valence-electron chi connectivity index (χ0n) is 25.9. The summed E-state index contributed by atoms with van der Waals surface area (Å²) in [6, 6.07) is 7.74. The second-order valence-corrected chi connectivity index (χ2v) is 11.1. The van der Waals surface area contributed by atoms with Crippen molar-refractivity contribution in [2.75, 3.05) is 13.1 Å². The summed E-state index contributed by atoms with van der Waals surface area (Å²) in [7, 11) is 0. The van der Waals surface area contributed by atoms with Gasteiger partial charge in [-0.3, -0.25) is 14.8 Å². The van der Waals surface area contributed by atoms with Crippen LogP contribution in [0.1, 0.15) is 34.9 Å². The van der Waals surface area contributed by atoms with E-state index in [1.54, 1.807) is 11.3 Å². The molecule has 0 aromatic carbocycles. The first-order chi connectivity index (χ1) is 23.0. The number of fused-ring (bicyclic) bond motifs is 1. The average molecular weight is 785 g/mol. The van der Waals surface area contributed by atoms with Gasteiger partial charge in [-0.2, -0.15) is 52.7 Å². The number of carboxylic acids is 4. The summed E-state index contributed by atoms with van der Waals surface area (Å²) in [4.78, 5) is 50.2. The van der Waals surface area contributed by atoms with E-state index in [4.69, 9.17) is 39.6 Å². The third-order valence-electron chi connectivity index (χ3n) is 6.12. The smallest absolute Gasteiger partial charge is 0.475 e. The van der Waals surface area contributed by atoms with E-state index in [-0.39, 0.29) is 0 Å². The van der Waals surface area contributed by atoms with E-state index >= 15 is 0 Å². The number of aliphatic carboxylic acids is 4. The highest BCUT2D eigenvalue weighted by Crippen LogP contribution is 2.33. The predicted octanol–water partition coefficient (Wildman–Crippen LogP) is 5.54. The Morgan fingerprint density at radius 1 is 0.647 bits per heavy atom. The maximum atomic E-state index is 10.6. The molecule has 0 saturated carbocycles. The first-order valence-corrected chi connectivity index (χ1v) is 14.4. The van der Waals surface area contributed by atoms with Gasteiger partial charge < -0.3 is 20.4 Å². The molecule has 4 rings (SSSR count). The monoisotopic (exact) mass is 784 g/mol. The van der Waals surface area contributed by atoms with Gasteiger partial charge in [0, 0.05) is 49.3 Å². The normalized spacial score (nSPS) is 17.5. The Morgan fingerprint density at radius 2 is 0.980 bits per heavy atom. The first-order valence-electron chi connectivity index (χ1n) is 13.5. The third-order valence-corrected chi connectivity index (χ3v) is 6.94. The molecule has 2 saturated heterocycles. The van der Waals surface area contributed by atoms with Crippen LogP contribution in [-0.4, -0.2) is 114 Å². The molecule has 2 aromatic rings. The van der Waals surface area contributed by atoms with Gasteiger partial charge in [0.2, 0.25) is 0 Å². The van der Waals surface area contributed by atoms with Gasteiger partial charge in [0.25, 0.3) is 0 Å². The van der Waals surface area contributed by atoms with Crippen LogP contribution in [0.15, 0.2) is 23.6 Å². The second kappa shape index (κ2) is 19.4. The number of likely N-dealkylation sites (tertiary alicyclic amines) is 2. The van der Waals surface area contributed by atoms with Gasteiger partial charge in [-0.1, -0.05) is 6.07 Å². The summed E-state index contributed by atoms with van der Waals surface area (Å²) < 4.78 is 127. The number of halogens is 12. The number of hydrogen-bond acceptors (Lipinski definition) is 9. The standard InChI is InChI=1S/C18H24N4S.4C2HF3O2/c1-13-4-3-5-15(19-13)10-21-8-6-18-17(21)7-9-22(18)11-16-12-23-14(2)20-16;4*3-2(4,5)1(6)7/h3-5,12,17-18H,6-11H2,1-2H3;4*(H,6,7). The summed E-state index contributed by atoms with van der Waals surface area (Å²) in [5.74, 6) is -11.0. The number of hydrogen-bond donors (Lipinski definition) is 4. The second-order valence-electron chi connectivity index (χ2n) is 9.99. The van der Waals surface area contributed by atoms with Gasteiger partial charge >= 0.3 is 48.6 Å². The van der Waals surface area contributed by atoms with Crippen LogP contribution >= 0.6 is 11.3 Å². The molecule has 2 aliphatic heterocycles. The van der Waals surface area contributed by atoms with E-state index in [9.17, 15) is 52.7 Å². The zero-order valence-corrected chi connectivity index (χ0v) is 26.7. The number of aryl methyl sites for hydroxylation is 2. The summed E-state index contributed by atoms with van der Waals surface area (Å²) >= 11 is 1.76. The van der Waals surface area contributed by atoms with Crippen LogP contribution in [0, 0.1) is 13.8 Å². The molecule has 0 amide bonds. The minimum Gasteiger partial charge on any atom is -0.475 e. The molecule has 2 aromatic heterocycles. The van der Waals surface area contributed by atoms with Crippen molar-refractivity contribution < 1.29 is 92.3 Å². The lowest BCUT2D eigenvalue weighted by atomic mass is 10.1. The van der Waals surface area contributed by atoms with Crippen molar-refractivity contribution in [2.24, 2.45) is 0 Å². The highest BCUT2D eigenvalue weighted by molar-refractivity contribution is 7.09. The van der Waals surface area contributed by atoms with Crippen molar-refractivity contribution in [2.45, 2.75) is 76.6 Å². The highest BCUT2D eigenvalue weighted by Gasteiger charge is 2.43. The van der Waals surface area contributed by atoms with Crippen LogP contribution in [0.4, 0.5) is 52.7 Å². The molecule has 0 aliphatic carbocycles. The summed E-state index contributed by atoms with van der Waals surface area (Å²) in [5, 5.41) is 31.9. The van der Waals surface area contributed by atoms with Gasteiger partial charge in [0.05, 0.1) is 16.4 Å². The van der Waals surface area contributed by atoms with Crippen LogP contribution in [0.2, 0.25) is 0 Å². The Kier molecular flexibility index (Phi) is 17.8. The van der Waals surface area contributed by atoms with Crippen LogP contribution in [0.25, 0.3) is 0 Å². The molecule has 4 N–H and O–H groups in total. The minimum absolute atomic E-state index is 0.692. The SMILES string of the molecule is Cc1cccc(CN2CCC3C2CCN3Cc2csc(C)n2)n1.O=C(O)C(F)(F)F.O=C(O)C(F)(F)F.O=C(O)C(F)(F)F.O=C(O)C(F)(F)F. The molecule has 25 heteroatoms. The lowest BCUT2D eigenvalue weighted by Gasteiger charge is -2.25. The Labute approximate surface area is 282 Å². The first kappa shape index (κ1) is 46.7. The average Bonchev–Trinajstić information content (AvgIpc) is 3.66. The minimum atomic E-state index is -5.08. The molecule has 2 atom stereocenters. The number of carboxylic acid groups (broad SMARTS) is 4. The Bertz CT molecular complexity index is 1350. The molecule has 0 spiro atoms. The number of carbonyl (C=O) groups is 4. The van der Waals surface area contributed by atoms with Crippen LogP contribution < -0.4 is 0 Å². The van der Waals surface area contributed by atoms with Crippen molar-refractivity contribution in [1.82, 2.24) is 19.8 Å². The largest absolute Gasteiger partial charge is 0.490 e. The maximum absolute atomic E-state index is 10.6. The quantitative estimate of drug-likeness (QED) is 0.285. The Hall–Kier alpha value is -4.26. The van der Waals surface area contributed by atoms with Gasteiger partial charge in [-0.25, -0.2) is 24.2 Å². The van der Waals surface area contributed by atoms with E-state index in [1.807, 2.05) is 0 Å². The van der Waals surface area contributed by atoms with Gasteiger partial charge in [-0.15, -0.1) is 11.3 Å². The number of nitrogens with zero attached hydrogens (tertiary/aromatic N) is 4. The fourth-order valence-electron chi connectivity index (χ4n) is 4.14. The predicted molar refractivity (Wildman–Crippen MR) is 148 cm³/mol. The number of thiazole rings is 1. The van der Waals surface area contributed by atoms with Crippen LogP contribution in [-0.2, 0) is 32.3 Å². The number of rotatable bonds is 4.